The van der Waals surface area contributed by atoms with Crippen molar-refractivity contribution in [1.82, 2.24) is 10.2 Å². The second-order valence-electron chi connectivity index (χ2n) is 7.04. The van der Waals surface area contributed by atoms with E-state index in [1.807, 2.05) is 0 Å². The van der Waals surface area contributed by atoms with Crippen molar-refractivity contribution in [3.05, 3.63) is 58.1 Å². The Morgan fingerprint density at radius 3 is 2.48 bits per heavy atom. The van der Waals surface area contributed by atoms with Crippen molar-refractivity contribution in [3.8, 4) is 11.5 Å². The van der Waals surface area contributed by atoms with Crippen LogP contribution in [0.3, 0.4) is 0 Å². The van der Waals surface area contributed by atoms with E-state index in [-0.39, 0.29) is 28.4 Å². The highest BCUT2D eigenvalue weighted by Gasteiger charge is 2.49. The number of halogens is 2. The number of alkyl halides is 2. The molecule has 1 aliphatic heterocycles. The first-order valence-electron chi connectivity index (χ1n) is 9.37. The molecule has 1 atom stereocenters. The van der Waals surface area contributed by atoms with Crippen molar-refractivity contribution in [3.63, 3.8) is 0 Å². The number of nitrogens with one attached hydrogen (secondary N) is 2. The fourth-order valence-electron chi connectivity index (χ4n) is 3.25. The number of hydrogen-bond donors (Lipinski definition) is 2. The summed E-state index contributed by atoms with van der Waals surface area (Å²) in [5, 5.41) is 15.8. The van der Waals surface area contributed by atoms with Crippen LogP contribution in [0.5, 0.6) is 11.5 Å². The summed E-state index contributed by atoms with van der Waals surface area (Å²) in [6, 6.07) is 7.83. The van der Waals surface area contributed by atoms with Crippen LogP contribution in [0.1, 0.15) is 12.5 Å². The Hall–Kier alpha value is -4.29. The van der Waals surface area contributed by atoms with Gasteiger partial charge in [-0.3, -0.25) is 24.6 Å². The molecule has 2 aromatic carbocycles. The average Bonchev–Trinajstić information content (AvgIpc) is 2.97. The second kappa shape index (κ2) is 9.06. The predicted octanol–water partition coefficient (Wildman–Crippen LogP) is 2.61. The van der Waals surface area contributed by atoms with Gasteiger partial charge in [-0.1, -0.05) is 12.1 Å². The number of rotatable bonds is 8. The molecule has 0 bridgehead atoms. The van der Waals surface area contributed by atoms with Crippen molar-refractivity contribution < 1.29 is 37.6 Å². The van der Waals surface area contributed by atoms with Crippen molar-refractivity contribution in [2.75, 3.05) is 19.0 Å². The van der Waals surface area contributed by atoms with Gasteiger partial charge in [-0.05, 0) is 30.7 Å². The van der Waals surface area contributed by atoms with Crippen LogP contribution in [0.2, 0.25) is 0 Å². The Labute approximate surface area is 185 Å². The third-order valence-corrected chi connectivity index (χ3v) is 4.90. The SMILES string of the molecule is COc1ccc([N+](=O)[O-])cc1NC(=O)CN1C(=O)N[C@](C)(c2ccc(OC(F)F)cc2)C1=O. The Kier molecular flexibility index (Phi) is 6.42. The van der Waals surface area contributed by atoms with Gasteiger partial charge in [0.05, 0.1) is 17.7 Å². The number of nitrogens with zero attached hydrogens (tertiary/aromatic N) is 2. The number of ether oxygens (including phenoxy) is 2. The normalized spacial score (nSPS) is 17.7. The first-order chi connectivity index (χ1) is 15.5. The molecule has 0 aromatic heterocycles. The predicted molar refractivity (Wildman–Crippen MR) is 109 cm³/mol. The zero-order valence-corrected chi connectivity index (χ0v) is 17.3. The van der Waals surface area contributed by atoms with Gasteiger partial charge < -0.3 is 20.1 Å². The minimum atomic E-state index is -3.02. The topological polar surface area (TPSA) is 140 Å². The summed E-state index contributed by atoms with van der Waals surface area (Å²) < 4.78 is 34.0. The molecule has 2 aromatic rings. The number of methoxy groups -OCH3 is 1. The fraction of sp³-hybridized carbons (Fsp3) is 0.250. The summed E-state index contributed by atoms with van der Waals surface area (Å²) >= 11 is 0. The molecule has 0 saturated carbocycles. The van der Waals surface area contributed by atoms with E-state index in [1.165, 1.54) is 50.4 Å². The monoisotopic (exact) mass is 464 g/mol. The van der Waals surface area contributed by atoms with E-state index in [2.05, 4.69) is 15.4 Å². The summed E-state index contributed by atoms with van der Waals surface area (Å²) in [5.74, 6) is -1.54. The van der Waals surface area contributed by atoms with Gasteiger partial charge in [0.2, 0.25) is 5.91 Å². The van der Waals surface area contributed by atoms with E-state index in [0.29, 0.717) is 4.90 Å². The largest absolute Gasteiger partial charge is 0.495 e. The highest BCUT2D eigenvalue weighted by Crippen LogP contribution is 2.31. The van der Waals surface area contributed by atoms with Crippen molar-refractivity contribution >= 4 is 29.2 Å². The first kappa shape index (κ1) is 23.4. The summed E-state index contributed by atoms with van der Waals surface area (Å²) in [4.78, 5) is 48.9. The van der Waals surface area contributed by atoms with Crippen molar-refractivity contribution in [2.24, 2.45) is 0 Å². The molecule has 174 valence electrons. The van der Waals surface area contributed by atoms with E-state index in [9.17, 15) is 33.3 Å². The van der Waals surface area contributed by atoms with Gasteiger partial charge in [0, 0.05) is 12.1 Å². The van der Waals surface area contributed by atoms with Crippen molar-refractivity contribution in [1.29, 1.82) is 0 Å². The molecule has 4 amide bonds. The minimum Gasteiger partial charge on any atom is -0.495 e. The van der Waals surface area contributed by atoms with Crippen LogP contribution >= 0.6 is 0 Å². The molecule has 33 heavy (non-hydrogen) atoms. The van der Waals surface area contributed by atoms with Crippen LogP contribution in [0.15, 0.2) is 42.5 Å². The molecular weight excluding hydrogens is 446 g/mol. The maximum atomic E-state index is 13.0. The number of hydrogen-bond acceptors (Lipinski definition) is 7. The van der Waals surface area contributed by atoms with Gasteiger partial charge in [-0.15, -0.1) is 0 Å². The molecular formula is C20H18F2N4O7. The molecule has 0 spiro atoms. The number of carbonyl (C=O) groups is 3. The summed E-state index contributed by atoms with van der Waals surface area (Å²) in [7, 11) is 1.30. The number of urea groups is 1. The molecule has 3 rings (SSSR count). The lowest BCUT2D eigenvalue weighted by molar-refractivity contribution is -0.384. The molecule has 2 N–H and O–H groups in total. The average molecular weight is 464 g/mol. The molecule has 0 unspecified atom stereocenters. The van der Waals surface area contributed by atoms with Gasteiger partial charge in [0.25, 0.3) is 11.6 Å². The lowest BCUT2D eigenvalue weighted by Gasteiger charge is -2.22. The smallest absolute Gasteiger partial charge is 0.387 e. The summed E-state index contributed by atoms with van der Waals surface area (Å²) in [6.45, 7) is -2.30. The van der Waals surface area contributed by atoms with Crippen LogP contribution in [0, 0.1) is 10.1 Å². The minimum absolute atomic E-state index is 0.0128. The van der Waals surface area contributed by atoms with E-state index in [0.717, 1.165) is 6.07 Å². The lowest BCUT2D eigenvalue weighted by Crippen LogP contribution is -2.42. The Balaban J connectivity index is 1.75. The van der Waals surface area contributed by atoms with Gasteiger partial charge in [0.1, 0.15) is 23.6 Å². The number of nitro benzene ring substituents is 1. The van der Waals surface area contributed by atoms with Gasteiger partial charge in [-0.2, -0.15) is 8.78 Å². The van der Waals surface area contributed by atoms with Crippen LogP contribution in [0.4, 0.5) is 25.0 Å². The van der Waals surface area contributed by atoms with Gasteiger partial charge in [-0.25, -0.2) is 4.79 Å². The van der Waals surface area contributed by atoms with Gasteiger partial charge >= 0.3 is 12.6 Å². The van der Waals surface area contributed by atoms with Crippen LogP contribution in [0.25, 0.3) is 0 Å². The number of imide groups is 1. The molecule has 1 aliphatic rings. The second-order valence-corrected chi connectivity index (χ2v) is 7.04. The van der Waals surface area contributed by atoms with Crippen LogP contribution in [-0.4, -0.2) is 47.9 Å². The van der Waals surface area contributed by atoms with Gasteiger partial charge in [0.15, 0.2) is 0 Å². The fourth-order valence-corrected chi connectivity index (χ4v) is 3.25. The molecule has 1 heterocycles. The van der Waals surface area contributed by atoms with E-state index >= 15 is 0 Å². The maximum absolute atomic E-state index is 13.0. The standard InChI is InChI=1S/C20H18F2N4O7/c1-20(11-3-6-13(7-4-11)33-18(21)22)17(28)25(19(29)24-20)10-16(27)23-14-9-12(26(30)31)5-8-15(14)32-2/h3-9,18H,10H2,1-2H3,(H,23,27)(H,24,29)/t20-/m1/s1. The number of non-ortho nitro benzene ring substituents is 1. The highest BCUT2D eigenvalue weighted by molar-refractivity contribution is 6.10. The molecule has 1 fully saturated rings. The Morgan fingerprint density at radius 1 is 1.24 bits per heavy atom. The zero-order valence-electron chi connectivity index (χ0n) is 17.3. The summed E-state index contributed by atoms with van der Waals surface area (Å²) in [6.07, 6.45) is 0. The van der Waals surface area contributed by atoms with E-state index in [4.69, 9.17) is 4.74 Å². The third-order valence-electron chi connectivity index (χ3n) is 4.90. The Morgan fingerprint density at radius 2 is 1.91 bits per heavy atom. The van der Waals surface area contributed by atoms with Crippen molar-refractivity contribution in [2.45, 2.75) is 19.1 Å². The summed E-state index contributed by atoms with van der Waals surface area (Å²) in [5.41, 5.74) is -1.58. The maximum Gasteiger partial charge on any atom is 0.387 e. The number of benzene rings is 2. The number of amides is 4. The molecule has 0 radical (unpaired) electrons. The molecule has 13 heteroatoms. The quantitative estimate of drug-likeness (QED) is 0.348. The third kappa shape index (κ3) is 4.81. The molecule has 1 saturated heterocycles. The number of nitro groups is 1. The number of anilines is 1. The number of carbonyl (C=O) groups excluding carboxylic acids is 3. The zero-order chi connectivity index (χ0) is 24.3. The van der Waals surface area contributed by atoms with Crippen LogP contribution < -0.4 is 20.1 Å². The first-order valence-corrected chi connectivity index (χ1v) is 9.37. The molecule has 11 nitrogen and oxygen atoms in total. The Bertz CT molecular complexity index is 1110. The van der Waals surface area contributed by atoms with Crippen LogP contribution in [-0.2, 0) is 15.1 Å². The lowest BCUT2D eigenvalue weighted by atomic mass is 9.92. The molecule has 0 aliphatic carbocycles. The highest BCUT2D eigenvalue weighted by atomic mass is 19.3. The van der Waals surface area contributed by atoms with E-state index in [1.54, 1.807) is 0 Å². The van der Waals surface area contributed by atoms with E-state index < -0.39 is 41.5 Å².